The zero-order valence-electron chi connectivity index (χ0n) is 18.5. The second kappa shape index (κ2) is 9.94. The molecule has 0 bridgehead atoms. The molecule has 1 N–H and O–H groups in total. The number of carbonyl (C=O) groups is 2. The lowest BCUT2D eigenvalue weighted by Gasteiger charge is -2.15. The molecule has 0 spiro atoms. The third kappa shape index (κ3) is 4.99. The van der Waals surface area contributed by atoms with Gasteiger partial charge >= 0.3 is 11.7 Å². The van der Waals surface area contributed by atoms with E-state index in [0.717, 1.165) is 4.57 Å². The number of halogens is 2. The van der Waals surface area contributed by atoms with E-state index < -0.39 is 35.5 Å². The van der Waals surface area contributed by atoms with Crippen molar-refractivity contribution in [2.75, 3.05) is 12.4 Å². The number of amides is 1. The van der Waals surface area contributed by atoms with E-state index in [4.69, 9.17) is 16.3 Å². The number of carbonyl (C=O) groups excluding carboxylic acids is 2. The van der Waals surface area contributed by atoms with E-state index in [1.807, 2.05) is 0 Å². The van der Waals surface area contributed by atoms with Gasteiger partial charge in [0.1, 0.15) is 12.4 Å². The largest absolute Gasteiger partial charge is 0.465 e. The molecule has 4 rings (SSSR count). The van der Waals surface area contributed by atoms with Gasteiger partial charge in [-0.1, -0.05) is 35.9 Å². The average Bonchev–Trinajstić information content (AvgIpc) is 2.86. The highest BCUT2D eigenvalue weighted by Gasteiger charge is 2.18. The summed E-state index contributed by atoms with van der Waals surface area (Å²) >= 11 is 5.96. The number of hydrogen-bond donors (Lipinski definition) is 1. The van der Waals surface area contributed by atoms with E-state index >= 15 is 0 Å². The van der Waals surface area contributed by atoms with Crippen molar-refractivity contribution in [2.45, 2.75) is 13.1 Å². The van der Waals surface area contributed by atoms with Crippen LogP contribution in [0, 0.1) is 5.82 Å². The molecule has 0 saturated heterocycles. The molecule has 0 unspecified atom stereocenters. The molecule has 4 aromatic rings. The Kier molecular flexibility index (Phi) is 6.79. The van der Waals surface area contributed by atoms with Gasteiger partial charge in [-0.15, -0.1) is 0 Å². The number of nitrogens with zero attached hydrogens (tertiary/aromatic N) is 2. The highest BCUT2D eigenvalue weighted by Crippen LogP contribution is 2.22. The molecule has 1 amide bonds. The lowest BCUT2D eigenvalue weighted by molar-refractivity contribution is -0.116. The Bertz CT molecular complexity index is 1560. The monoisotopic (exact) mass is 495 g/mol. The zero-order chi connectivity index (χ0) is 25.1. The standard InChI is InChI=1S/C25H19ClFN3O5/c1-35-24(33)19-12-16(26)8-11-20(19)28-22(31)14-29-21-5-3-2-4-18(21)23(32)30(25(29)34)13-15-6-9-17(27)10-7-15/h2-12H,13-14H2,1H3,(H,28,31). The molecule has 0 fully saturated rings. The topological polar surface area (TPSA) is 99.4 Å². The number of rotatable bonds is 6. The minimum absolute atomic E-state index is 0.0480. The molecule has 0 saturated carbocycles. The maximum atomic E-state index is 13.3. The number of para-hydroxylation sites is 1. The number of benzene rings is 3. The van der Waals surface area contributed by atoms with Crippen LogP contribution in [-0.2, 0) is 22.6 Å². The summed E-state index contributed by atoms with van der Waals surface area (Å²) in [4.78, 5) is 51.4. The average molecular weight is 496 g/mol. The predicted octanol–water partition coefficient (Wildman–Crippen LogP) is 3.43. The molecular weight excluding hydrogens is 477 g/mol. The Balaban J connectivity index is 1.73. The first-order valence-electron chi connectivity index (χ1n) is 10.4. The fourth-order valence-electron chi connectivity index (χ4n) is 3.67. The van der Waals surface area contributed by atoms with Gasteiger partial charge in [0, 0.05) is 5.02 Å². The van der Waals surface area contributed by atoms with Crippen LogP contribution in [0.25, 0.3) is 10.9 Å². The predicted molar refractivity (Wildman–Crippen MR) is 129 cm³/mol. The Morgan fingerprint density at radius 3 is 2.43 bits per heavy atom. The third-order valence-corrected chi connectivity index (χ3v) is 5.58. The smallest absolute Gasteiger partial charge is 0.340 e. The van der Waals surface area contributed by atoms with Crippen molar-refractivity contribution < 1.29 is 18.7 Å². The number of methoxy groups -OCH3 is 1. The normalized spacial score (nSPS) is 10.8. The number of fused-ring (bicyclic) bond motifs is 1. The van der Waals surface area contributed by atoms with Crippen molar-refractivity contribution in [1.29, 1.82) is 0 Å². The number of ether oxygens (including phenoxy) is 1. The van der Waals surface area contributed by atoms with Gasteiger partial charge < -0.3 is 10.1 Å². The zero-order valence-corrected chi connectivity index (χ0v) is 19.2. The second-order valence-electron chi connectivity index (χ2n) is 7.63. The van der Waals surface area contributed by atoms with Crippen LogP contribution in [0.5, 0.6) is 0 Å². The molecule has 0 radical (unpaired) electrons. The lowest BCUT2D eigenvalue weighted by atomic mass is 10.1. The summed E-state index contributed by atoms with van der Waals surface area (Å²) in [6.07, 6.45) is 0. The number of hydrogen-bond acceptors (Lipinski definition) is 5. The summed E-state index contributed by atoms with van der Waals surface area (Å²) in [5.74, 6) is -1.75. The van der Waals surface area contributed by atoms with Crippen LogP contribution in [-0.4, -0.2) is 28.1 Å². The van der Waals surface area contributed by atoms with Crippen LogP contribution in [0.15, 0.2) is 76.3 Å². The molecule has 0 atom stereocenters. The molecule has 178 valence electrons. The van der Waals surface area contributed by atoms with Gasteiger partial charge in [0.2, 0.25) is 5.91 Å². The van der Waals surface area contributed by atoms with Crippen LogP contribution in [0.4, 0.5) is 10.1 Å². The van der Waals surface area contributed by atoms with Crippen LogP contribution < -0.4 is 16.6 Å². The lowest BCUT2D eigenvalue weighted by Crippen LogP contribution is -2.42. The van der Waals surface area contributed by atoms with E-state index in [1.165, 1.54) is 54.1 Å². The van der Waals surface area contributed by atoms with Crippen molar-refractivity contribution in [1.82, 2.24) is 9.13 Å². The van der Waals surface area contributed by atoms with Crippen molar-refractivity contribution >= 4 is 40.1 Å². The van der Waals surface area contributed by atoms with E-state index in [1.54, 1.807) is 24.3 Å². The molecule has 1 heterocycles. The molecular formula is C25H19ClFN3O5. The quantitative estimate of drug-likeness (QED) is 0.413. The Labute approximate surface area is 203 Å². The van der Waals surface area contributed by atoms with Crippen molar-refractivity contribution in [3.05, 3.63) is 110 Å². The van der Waals surface area contributed by atoms with E-state index in [0.29, 0.717) is 5.56 Å². The minimum atomic E-state index is -0.711. The first-order valence-corrected chi connectivity index (χ1v) is 10.8. The fraction of sp³-hybridized carbons (Fsp3) is 0.120. The highest BCUT2D eigenvalue weighted by atomic mass is 35.5. The Morgan fingerprint density at radius 2 is 1.71 bits per heavy atom. The number of esters is 1. The summed E-state index contributed by atoms with van der Waals surface area (Å²) in [6, 6.07) is 16.1. The van der Waals surface area contributed by atoms with E-state index in [9.17, 15) is 23.6 Å². The van der Waals surface area contributed by atoms with Crippen LogP contribution >= 0.6 is 11.6 Å². The maximum Gasteiger partial charge on any atom is 0.340 e. The third-order valence-electron chi connectivity index (χ3n) is 5.35. The minimum Gasteiger partial charge on any atom is -0.465 e. The SMILES string of the molecule is COC(=O)c1cc(Cl)ccc1NC(=O)Cn1c(=O)n(Cc2ccc(F)cc2)c(=O)c2ccccc21. The van der Waals surface area contributed by atoms with Gasteiger partial charge in [-0.2, -0.15) is 0 Å². The van der Waals surface area contributed by atoms with Gasteiger partial charge in [-0.25, -0.2) is 14.0 Å². The molecule has 3 aromatic carbocycles. The molecule has 35 heavy (non-hydrogen) atoms. The molecule has 8 nitrogen and oxygen atoms in total. The van der Waals surface area contributed by atoms with Crippen LogP contribution in [0.2, 0.25) is 5.02 Å². The van der Waals surface area contributed by atoms with Gasteiger partial charge in [-0.3, -0.25) is 18.7 Å². The van der Waals surface area contributed by atoms with Gasteiger partial charge in [0.05, 0.1) is 35.8 Å². The molecule has 0 aliphatic heterocycles. The second-order valence-corrected chi connectivity index (χ2v) is 8.07. The van der Waals surface area contributed by atoms with Gasteiger partial charge in [-0.05, 0) is 48.0 Å². The van der Waals surface area contributed by atoms with Gasteiger partial charge in [0.25, 0.3) is 5.56 Å². The molecule has 0 aliphatic carbocycles. The van der Waals surface area contributed by atoms with Crippen LogP contribution in [0.3, 0.4) is 0 Å². The van der Waals surface area contributed by atoms with Crippen LogP contribution in [0.1, 0.15) is 15.9 Å². The first-order chi connectivity index (χ1) is 16.8. The first kappa shape index (κ1) is 23.9. The summed E-state index contributed by atoms with van der Waals surface area (Å²) in [7, 11) is 1.20. The highest BCUT2D eigenvalue weighted by molar-refractivity contribution is 6.31. The summed E-state index contributed by atoms with van der Waals surface area (Å²) in [6.45, 7) is -0.541. The van der Waals surface area contributed by atoms with Crippen molar-refractivity contribution in [2.24, 2.45) is 0 Å². The Morgan fingerprint density at radius 1 is 1.00 bits per heavy atom. The maximum absolute atomic E-state index is 13.3. The molecule has 1 aromatic heterocycles. The fourth-order valence-corrected chi connectivity index (χ4v) is 3.85. The van der Waals surface area contributed by atoms with Gasteiger partial charge in [0.15, 0.2) is 0 Å². The number of nitrogens with one attached hydrogen (secondary N) is 1. The molecule has 0 aliphatic rings. The van der Waals surface area contributed by atoms with Crippen molar-refractivity contribution in [3.8, 4) is 0 Å². The van der Waals surface area contributed by atoms with E-state index in [2.05, 4.69) is 5.32 Å². The number of anilines is 1. The number of aromatic nitrogens is 2. The van der Waals surface area contributed by atoms with E-state index in [-0.39, 0.29) is 33.7 Å². The Hall–Kier alpha value is -4.24. The summed E-state index contributed by atoms with van der Waals surface area (Å²) in [5.41, 5.74) is -0.220. The van der Waals surface area contributed by atoms with Crippen molar-refractivity contribution in [3.63, 3.8) is 0 Å². The summed E-state index contributed by atoms with van der Waals surface area (Å²) < 4.78 is 20.2. The summed E-state index contributed by atoms with van der Waals surface area (Å²) in [5, 5.41) is 3.11. The molecule has 10 heteroatoms.